The molecule has 70 valence electrons. The van der Waals surface area contributed by atoms with Crippen molar-refractivity contribution in [2.45, 2.75) is 11.8 Å². The van der Waals surface area contributed by atoms with E-state index in [4.69, 9.17) is 4.74 Å². The van der Waals surface area contributed by atoms with E-state index < -0.39 is 0 Å². The minimum atomic E-state index is 0.851. The largest absolute Gasteiger partial charge is 0.496 e. The van der Waals surface area contributed by atoms with Crippen LogP contribution in [0.5, 0.6) is 5.75 Å². The molecule has 0 saturated heterocycles. The van der Waals surface area contributed by atoms with E-state index in [0.717, 1.165) is 17.5 Å². The van der Waals surface area contributed by atoms with E-state index in [1.165, 1.54) is 11.1 Å². The lowest BCUT2D eigenvalue weighted by atomic mass is 10.1. The maximum absolute atomic E-state index is 5.23. The van der Waals surface area contributed by atoms with E-state index in [9.17, 15) is 0 Å². The van der Waals surface area contributed by atoms with Gasteiger partial charge in [-0.1, -0.05) is 34.1 Å². The minimum absolute atomic E-state index is 0.851. The second kappa shape index (κ2) is 5.07. The third kappa shape index (κ3) is 2.59. The highest BCUT2D eigenvalue weighted by Gasteiger charge is 2.01. The molecule has 0 aliphatic carbocycles. The van der Waals surface area contributed by atoms with E-state index in [1.54, 1.807) is 7.11 Å². The Morgan fingerprint density at radius 3 is 2.85 bits per heavy atom. The highest BCUT2D eigenvalue weighted by Crippen LogP contribution is 2.21. The van der Waals surface area contributed by atoms with Crippen molar-refractivity contribution in [1.29, 1.82) is 0 Å². The standard InChI is InChI=1S/C11H13BrO/c1-3-4-10-7-9(8-12)5-6-11(10)13-2/h3,5-7H,1,4,8H2,2H3. The number of allylic oxidation sites excluding steroid dienone is 1. The third-order valence-electron chi connectivity index (χ3n) is 1.86. The van der Waals surface area contributed by atoms with Gasteiger partial charge in [0.05, 0.1) is 7.11 Å². The zero-order valence-corrected chi connectivity index (χ0v) is 9.30. The summed E-state index contributed by atoms with van der Waals surface area (Å²) < 4.78 is 5.23. The number of methoxy groups -OCH3 is 1. The third-order valence-corrected chi connectivity index (χ3v) is 2.51. The predicted octanol–water partition coefficient (Wildman–Crippen LogP) is 3.32. The second-order valence-electron chi connectivity index (χ2n) is 2.77. The van der Waals surface area contributed by atoms with Gasteiger partial charge in [0.15, 0.2) is 0 Å². The van der Waals surface area contributed by atoms with Gasteiger partial charge >= 0.3 is 0 Å². The van der Waals surface area contributed by atoms with Crippen LogP contribution in [0.25, 0.3) is 0 Å². The van der Waals surface area contributed by atoms with Gasteiger partial charge in [-0.2, -0.15) is 0 Å². The van der Waals surface area contributed by atoms with Crippen LogP contribution in [0.2, 0.25) is 0 Å². The molecule has 0 aromatic heterocycles. The first kappa shape index (κ1) is 10.3. The van der Waals surface area contributed by atoms with Crippen molar-refractivity contribution < 1.29 is 4.74 Å². The van der Waals surface area contributed by atoms with E-state index >= 15 is 0 Å². The predicted molar refractivity (Wildman–Crippen MR) is 59.5 cm³/mol. The molecule has 2 heteroatoms. The molecule has 0 unspecified atom stereocenters. The molecular formula is C11H13BrO. The summed E-state index contributed by atoms with van der Waals surface area (Å²) in [4.78, 5) is 0. The average molecular weight is 241 g/mol. The summed E-state index contributed by atoms with van der Waals surface area (Å²) in [6.07, 6.45) is 2.74. The monoisotopic (exact) mass is 240 g/mol. The Hall–Kier alpha value is -0.760. The van der Waals surface area contributed by atoms with Gasteiger partial charge in [-0.25, -0.2) is 0 Å². The van der Waals surface area contributed by atoms with Crippen molar-refractivity contribution in [1.82, 2.24) is 0 Å². The van der Waals surface area contributed by atoms with Crippen molar-refractivity contribution >= 4 is 15.9 Å². The van der Waals surface area contributed by atoms with Gasteiger partial charge in [0.1, 0.15) is 5.75 Å². The molecule has 1 rings (SSSR count). The molecule has 1 nitrogen and oxygen atoms in total. The molecule has 0 bridgehead atoms. The van der Waals surface area contributed by atoms with Gasteiger partial charge in [0.25, 0.3) is 0 Å². The van der Waals surface area contributed by atoms with Crippen molar-refractivity contribution in [3.05, 3.63) is 42.0 Å². The number of hydrogen-bond acceptors (Lipinski definition) is 1. The Balaban J connectivity index is 3.01. The van der Waals surface area contributed by atoms with Crippen molar-refractivity contribution in [3.63, 3.8) is 0 Å². The lowest BCUT2D eigenvalue weighted by Crippen LogP contribution is -1.92. The molecule has 0 spiro atoms. The summed E-state index contributed by atoms with van der Waals surface area (Å²) in [6, 6.07) is 6.19. The van der Waals surface area contributed by atoms with Gasteiger partial charge in [0, 0.05) is 5.33 Å². The fourth-order valence-corrected chi connectivity index (χ4v) is 1.58. The first-order chi connectivity index (χ1) is 6.31. The van der Waals surface area contributed by atoms with Crippen LogP contribution in [0.1, 0.15) is 11.1 Å². The fourth-order valence-electron chi connectivity index (χ4n) is 1.23. The van der Waals surface area contributed by atoms with Gasteiger partial charge in [-0.15, -0.1) is 6.58 Å². The number of halogens is 1. The number of alkyl halides is 1. The Bertz CT molecular complexity index is 294. The van der Waals surface area contributed by atoms with Crippen LogP contribution >= 0.6 is 15.9 Å². The molecule has 13 heavy (non-hydrogen) atoms. The number of benzene rings is 1. The lowest BCUT2D eigenvalue weighted by molar-refractivity contribution is 0.410. The van der Waals surface area contributed by atoms with Gasteiger partial charge < -0.3 is 4.74 Å². The van der Waals surface area contributed by atoms with E-state index in [-0.39, 0.29) is 0 Å². The molecule has 1 aromatic carbocycles. The summed E-state index contributed by atoms with van der Waals surface area (Å²) in [5.41, 5.74) is 2.45. The summed E-state index contributed by atoms with van der Waals surface area (Å²) in [7, 11) is 1.69. The van der Waals surface area contributed by atoms with E-state index in [0.29, 0.717) is 0 Å². The molecule has 0 aliphatic rings. The number of rotatable bonds is 4. The Morgan fingerprint density at radius 2 is 2.31 bits per heavy atom. The van der Waals surface area contributed by atoms with E-state index in [2.05, 4.69) is 34.6 Å². The number of hydrogen-bond donors (Lipinski definition) is 0. The van der Waals surface area contributed by atoms with Crippen molar-refractivity contribution in [3.8, 4) is 5.75 Å². The second-order valence-corrected chi connectivity index (χ2v) is 3.33. The highest BCUT2D eigenvalue weighted by atomic mass is 79.9. The fraction of sp³-hybridized carbons (Fsp3) is 0.273. The maximum Gasteiger partial charge on any atom is 0.122 e. The van der Waals surface area contributed by atoms with Crippen LogP contribution in [0.4, 0.5) is 0 Å². The molecule has 0 aliphatic heterocycles. The summed E-state index contributed by atoms with van der Waals surface area (Å²) in [6.45, 7) is 3.72. The Morgan fingerprint density at radius 1 is 1.54 bits per heavy atom. The molecule has 0 atom stereocenters. The molecule has 0 saturated carbocycles. The van der Waals surface area contributed by atoms with Crippen LogP contribution in [0.3, 0.4) is 0 Å². The molecule has 0 fully saturated rings. The molecular weight excluding hydrogens is 228 g/mol. The molecule has 0 radical (unpaired) electrons. The Kier molecular flexibility index (Phi) is 4.03. The highest BCUT2D eigenvalue weighted by molar-refractivity contribution is 9.08. The molecule has 0 N–H and O–H groups in total. The van der Waals surface area contributed by atoms with Gasteiger partial charge in [0.2, 0.25) is 0 Å². The zero-order valence-electron chi connectivity index (χ0n) is 7.72. The summed E-state index contributed by atoms with van der Waals surface area (Å²) in [5, 5.41) is 0.876. The quantitative estimate of drug-likeness (QED) is 0.580. The van der Waals surface area contributed by atoms with E-state index in [1.807, 2.05) is 12.1 Å². The van der Waals surface area contributed by atoms with Crippen molar-refractivity contribution in [2.24, 2.45) is 0 Å². The summed E-state index contributed by atoms with van der Waals surface area (Å²) >= 11 is 3.42. The maximum atomic E-state index is 5.23. The number of ether oxygens (including phenoxy) is 1. The van der Waals surface area contributed by atoms with Crippen LogP contribution in [-0.2, 0) is 11.8 Å². The summed E-state index contributed by atoms with van der Waals surface area (Å²) in [5.74, 6) is 0.935. The normalized spacial score (nSPS) is 9.69. The SMILES string of the molecule is C=CCc1cc(CBr)ccc1OC. The first-order valence-corrected chi connectivity index (χ1v) is 5.26. The van der Waals surface area contributed by atoms with Gasteiger partial charge in [-0.05, 0) is 23.6 Å². The van der Waals surface area contributed by atoms with Crippen LogP contribution in [0.15, 0.2) is 30.9 Å². The molecule has 0 heterocycles. The van der Waals surface area contributed by atoms with Crippen molar-refractivity contribution in [2.75, 3.05) is 7.11 Å². The van der Waals surface area contributed by atoms with Crippen LogP contribution < -0.4 is 4.74 Å². The smallest absolute Gasteiger partial charge is 0.122 e. The van der Waals surface area contributed by atoms with Gasteiger partial charge in [-0.3, -0.25) is 0 Å². The molecule has 1 aromatic rings. The lowest BCUT2D eigenvalue weighted by Gasteiger charge is -2.07. The zero-order chi connectivity index (χ0) is 9.68. The molecule has 0 amide bonds. The van der Waals surface area contributed by atoms with Crippen LogP contribution in [-0.4, -0.2) is 7.11 Å². The average Bonchev–Trinajstić information content (AvgIpc) is 2.18. The Labute approximate surface area is 87.5 Å². The topological polar surface area (TPSA) is 9.23 Å². The van der Waals surface area contributed by atoms with Crippen LogP contribution in [0, 0.1) is 0 Å². The first-order valence-electron chi connectivity index (χ1n) is 4.14. The minimum Gasteiger partial charge on any atom is -0.496 e.